The van der Waals surface area contributed by atoms with Gasteiger partial charge in [0.1, 0.15) is 0 Å². The molecule has 0 saturated heterocycles. The average Bonchev–Trinajstić information content (AvgIpc) is 2.50. The van der Waals surface area contributed by atoms with Crippen LogP contribution in [0.15, 0.2) is 0 Å². The van der Waals surface area contributed by atoms with E-state index in [1.165, 1.54) is 0 Å². The van der Waals surface area contributed by atoms with E-state index in [0.29, 0.717) is 5.92 Å². The van der Waals surface area contributed by atoms with Gasteiger partial charge in [-0.15, -0.1) is 0 Å². The zero-order chi connectivity index (χ0) is 13.3. The van der Waals surface area contributed by atoms with Crippen LogP contribution in [-0.2, 0) is 14.3 Å². The lowest BCUT2D eigenvalue weighted by Gasteiger charge is -2.50. The Balaban J connectivity index is 2.00. The molecule has 0 aromatic heterocycles. The third-order valence-corrected chi connectivity index (χ3v) is 6.90. The Labute approximate surface area is 109 Å². The van der Waals surface area contributed by atoms with Gasteiger partial charge in [0.25, 0.3) is 10.1 Å². The summed E-state index contributed by atoms with van der Waals surface area (Å²) >= 11 is 0. The van der Waals surface area contributed by atoms with Crippen molar-refractivity contribution in [3.05, 3.63) is 0 Å². The number of hydrogen-bond acceptors (Lipinski definition) is 4. The highest BCUT2D eigenvalue weighted by Crippen LogP contribution is 2.73. The molecule has 3 rings (SSSR count). The maximum atomic E-state index is 11.4. The minimum absolute atomic E-state index is 0.131. The molecule has 0 amide bonds. The highest BCUT2D eigenvalue weighted by Gasteiger charge is 2.71. The van der Waals surface area contributed by atoms with E-state index in [1.807, 2.05) is 0 Å². The number of rotatable bonds is 2. The third kappa shape index (κ3) is 1.41. The van der Waals surface area contributed by atoms with Crippen molar-refractivity contribution in [2.45, 2.75) is 51.7 Å². The highest BCUT2D eigenvalue weighted by molar-refractivity contribution is 7.86. The SMILES string of the molecule is C[C@]12[C@@H]3C[C@H](C[C@H]1OS(C)(=O)=O)[C@@]2(C)CC[C@@H]3O. The van der Waals surface area contributed by atoms with Crippen LogP contribution in [0.2, 0.25) is 0 Å². The summed E-state index contributed by atoms with van der Waals surface area (Å²) in [5.74, 6) is 0.693. The van der Waals surface area contributed by atoms with Gasteiger partial charge in [-0.2, -0.15) is 8.42 Å². The number of aliphatic hydroxyl groups excluding tert-OH is 1. The fourth-order valence-corrected chi connectivity index (χ4v) is 5.87. The zero-order valence-corrected chi connectivity index (χ0v) is 12.0. The van der Waals surface area contributed by atoms with Crippen LogP contribution in [-0.4, -0.2) is 32.0 Å². The van der Waals surface area contributed by atoms with E-state index in [2.05, 4.69) is 13.8 Å². The van der Waals surface area contributed by atoms with Crippen molar-refractivity contribution in [2.24, 2.45) is 22.7 Å². The van der Waals surface area contributed by atoms with Crippen molar-refractivity contribution in [3.63, 3.8) is 0 Å². The van der Waals surface area contributed by atoms with Gasteiger partial charge >= 0.3 is 0 Å². The molecule has 0 aromatic carbocycles. The minimum Gasteiger partial charge on any atom is -0.393 e. The number of hydrogen-bond donors (Lipinski definition) is 1. The van der Waals surface area contributed by atoms with Crippen LogP contribution in [0.25, 0.3) is 0 Å². The zero-order valence-electron chi connectivity index (χ0n) is 11.2. The Morgan fingerprint density at radius 1 is 1.28 bits per heavy atom. The predicted octanol–water partition coefficient (Wildman–Crippen LogP) is 1.54. The topological polar surface area (TPSA) is 63.6 Å². The van der Waals surface area contributed by atoms with E-state index in [0.717, 1.165) is 31.9 Å². The second-order valence-electron chi connectivity index (χ2n) is 6.87. The molecule has 0 spiro atoms. The maximum Gasteiger partial charge on any atom is 0.264 e. The highest BCUT2D eigenvalue weighted by atomic mass is 32.2. The Kier molecular flexibility index (Phi) is 2.50. The lowest BCUT2D eigenvalue weighted by Crippen LogP contribution is -2.51. The minimum atomic E-state index is -3.42. The standard InChI is InChI=1S/C13H22O4S/c1-12-5-4-10(14)9-6-8(12)7-11(13(9,12)2)17-18(3,15)16/h8-11,14H,4-7H2,1-3H3/t8-,9-,10+,11-,12-,13+/m1/s1. The fourth-order valence-electron chi connectivity index (χ4n) is 5.17. The van der Waals surface area contributed by atoms with Gasteiger partial charge in [0.05, 0.1) is 18.5 Å². The van der Waals surface area contributed by atoms with E-state index < -0.39 is 10.1 Å². The van der Waals surface area contributed by atoms with Gasteiger partial charge in [0.15, 0.2) is 0 Å². The van der Waals surface area contributed by atoms with Crippen LogP contribution in [0.5, 0.6) is 0 Å². The quantitative estimate of drug-likeness (QED) is 0.776. The first-order valence-electron chi connectivity index (χ1n) is 6.75. The molecule has 4 nitrogen and oxygen atoms in total. The van der Waals surface area contributed by atoms with Gasteiger partial charge in [0.2, 0.25) is 0 Å². The lowest BCUT2D eigenvalue weighted by atomic mass is 9.57. The molecule has 4 bridgehead atoms. The van der Waals surface area contributed by atoms with Crippen molar-refractivity contribution >= 4 is 10.1 Å². The van der Waals surface area contributed by atoms with Crippen molar-refractivity contribution < 1.29 is 17.7 Å². The molecular weight excluding hydrogens is 252 g/mol. The third-order valence-electron chi connectivity index (χ3n) is 6.32. The summed E-state index contributed by atoms with van der Waals surface area (Å²) in [6.07, 6.45) is 4.25. The van der Waals surface area contributed by atoms with E-state index in [1.54, 1.807) is 0 Å². The fraction of sp³-hybridized carbons (Fsp3) is 1.00. The molecule has 5 heteroatoms. The van der Waals surface area contributed by atoms with Crippen LogP contribution in [0.1, 0.15) is 39.5 Å². The molecule has 3 aliphatic carbocycles. The van der Waals surface area contributed by atoms with Crippen LogP contribution in [0.4, 0.5) is 0 Å². The van der Waals surface area contributed by atoms with Gasteiger partial charge in [-0.1, -0.05) is 13.8 Å². The molecule has 3 saturated carbocycles. The van der Waals surface area contributed by atoms with Crippen LogP contribution in [0.3, 0.4) is 0 Å². The maximum absolute atomic E-state index is 11.4. The number of aliphatic hydroxyl groups is 1. The summed E-state index contributed by atoms with van der Waals surface area (Å²) in [5, 5.41) is 10.2. The van der Waals surface area contributed by atoms with E-state index in [9.17, 15) is 13.5 Å². The molecule has 3 aliphatic rings. The Hall–Kier alpha value is -0.130. The molecule has 0 unspecified atom stereocenters. The van der Waals surface area contributed by atoms with E-state index >= 15 is 0 Å². The molecular formula is C13H22O4S. The van der Waals surface area contributed by atoms with E-state index in [-0.39, 0.29) is 29.0 Å². The van der Waals surface area contributed by atoms with Crippen molar-refractivity contribution in [1.29, 1.82) is 0 Å². The predicted molar refractivity (Wildman–Crippen MR) is 67.4 cm³/mol. The lowest BCUT2D eigenvalue weighted by molar-refractivity contribution is -0.0971. The molecule has 6 atom stereocenters. The van der Waals surface area contributed by atoms with Crippen LogP contribution < -0.4 is 0 Å². The van der Waals surface area contributed by atoms with Gasteiger partial charge in [0, 0.05) is 5.41 Å². The van der Waals surface area contributed by atoms with Gasteiger partial charge in [-0.25, -0.2) is 0 Å². The second-order valence-corrected chi connectivity index (χ2v) is 8.47. The molecule has 0 aliphatic heterocycles. The van der Waals surface area contributed by atoms with E-state index in [4.69, 9.17) is 4.18 Å². The smallest absolute Gasteiger partial charge is 0.264 e. The summed E-state index contributed by atoms with van der Waals surface area (Å²) in [6.45, 7) is 4.39. The molecule has 18 heavy (non-hydrogen) atoms. The van der Waals surface area contributed by atoms with Crippen LogP contribution in [0, 0.1) is 22.7 Å². The second kappa shape index (κ2) is 3.49. The van der Waals surface area contributed by atoms with Gasteiger partial charge in [-0.3, -0.25) is 4.18 Å². The first-order valence-corrected chi connectivity index (χ1v) is 8.56. The first-order chi connectivity index (χ1) is 8.18. The summed E-state index contributed by atoms with van der Waals surface area (Å²) in [5.41, 5.74) is -0.0648. The van der Waals surface area contributed by atoms with Crippen molar-refractivity contribution in [2.75, 3.05) is 6.26 Å². The molecule has 104 valence electrons. The summed E-state index contributed by atoms with van der Waals surface area (Å²) in [6, 6.07) is 0. The normalized spacial score (nSPS) is 54.9. The summed E-state index contributed by atoms with van der Waals surface area (Å²) < 4.78 is 28.2. The molecule has 0 heterocycles. The summed E-state index contributed by atoms with van der Waals surface area (Å²) in [4.78, 5) is 0. The van der Waals surface area contributed by atoms with Crippen LogP contribution >= 0.6 is 0 Å². The Morgan fingerprint density at radius 2 is 1.94 bits per heavy atom. The van der Waals surface area contributed by atoms with Crippen molar-refractivity contribution in [3.8, 4) is 0 Å². The monoisotopic (exact) mass is 274 g/mol. The molecule has 1 N–H and O–H groups in total. The van der Waals surface area contributed by atoms with Gasteiger partial charge < -0.3 is 5.11 Å². The molecule has 0 aromatic rings. The summed E-state index contributed by atoms with van der Waals surface area (Å²) in [7, 11) is -3.42. The molecule has 3 fully saturated rings. The molecule has 0 radical (unpaired) electrons. The first kappa shape index (κ1) is 12.9. The Bertz CT molecular complexity index is 473. The Morgan fingerprint density at radius 3 is 2.56 bits per heavy atom. The largest absolute Gasteiger partial charge is 0.393 e. The van der Waals surface area contributed by atoms with Gasteiger partial charge in [-0.05, 0) is 42.9 Å². The van der Waals surface area contributed by atoms with Crippen molar-refractivity contribution in [1.82, 2.24) is 0 Å². The average molecular weight is 274 g/mol.